The average Bonchev–Trinajstić information content (AvgIpc) is 2.55. The van der Waals surface area contributed by atoms with E-state index in [-0.39, 0.29) is 11.9 Å². The standard InChI is InChI=1S/C19H29N3O2/c1-13(2)16-11-7-8-12-17(16)20-14(3)18(23)22-19(24)21-15-9-5-4-6-10-15/h7-8,11-15,20H,4-6,9-10H2,1-3H3,(H2,21,22,23,24)/t14-/m0/s1. The van der Waals surface area contributed by atoms with Crippen molar-refractivity contribution in [2.24, 2.45) is 0 Å². The molecule has 1 aromatic carbocycles. The number of nitrogens with one attached hydrogen (secondary N) is 3. The monoisotopic (exact) mass is 331 g/mol. The molecular weight excluding hydrogens is 302 g/mol. The second-order valence-electron chi connectivity index (χ2n) is 6.91. The summed E-state index contributed by atoms with van der Waals surface area (Å²) in [6.45, 7) is 5.99. The van der Waals surface area contributed by atoms with Crippen LogP contribution in [0.15, 0.2) is 24.3 Å². The normalized spacial score (nSPS) is 16.5. The fourth-order valence-electron chi connectivity index (χ4n) is 3.12. The van der Waals surface area contributed by atoms with Crippen molar-refractivity contribution in [1.29, 1.82) is 0 Å². The molecule has 0 radical (unpaired) electrons. The number of anilines is 1. The Morgan fingerprint density at radius 2 is 1.71 bits per heavy atom. The van der Waals surface area contributed by atoms with E-state index in [0.29, 0.717) is 5.92 Å². The van der Waals surface area contributed by atoms with Crippen molar-refractivity contribution in [3.05, 3.63) is 29.8 Å². The SMILES string of the molecule is CC(C)c1ccccc1N[C@@H](C)C(=O)NC(=O)NC1CCCCC1. The minimum absolute atomic E-state index is 0.191. The molecule has 3 amide bonds. The smallest absolute Gasteiger partial charge is 0.321 e. The molecule has 5 heteroatoms. The number of imide groups is 1. The third kappa shape index (κ3) is 5.25. The van der Waals surface area contributed by atoms with Crippen LogP contribution >= 0.6 is 0 Å². The number of hydrogen-bond donors (Lipinski definition) is 3. The summed E-state index contributed by atoms with van der Waals surface area (Å²) >= 11 is 0. The molecule has 0 heterocycles. The van der Waals surface area contributed by atoms with Crippen LogP contribution in [-0.4, -0.2) is 24.0 Å². The lowest BCUT2D eigenvalue weighted by Crippen LogP contribution is -2.49. The van der Waals surface area contributed by atoms with Gasteiger partial charge in [-0.3, -0.25) is 10.1 Å². The molecule has 1 aliphatic carbocycles. The van der Waals surface area contributed by atoms with E-state index in [1.165, 1.54) is 6.42 Å². The number of carbonyl (C=O) groups excluding carboxylic acids is 2. The van der Waals surface area contributed by atoms with Crippen LogP contribution in [0.4, 0.5) is 10.5 Å². The number of hydrogen-bond acceptors (Lipinski definition) is 3. The molecule has 5 nitrogen and oxygen atoms in total. The van der Waals surface area contributed by atoms with Crippen LogP contribution < -0.4 is 16.0 Å². The maximum atomic E-state index is 12.2. The molecule has 2 rings (SSSR count). The Kier molecular flexibility index (Phi) is 6.64. The zero-order valence-corrected chi connectivity index (χ0v) is 14.9. The summed E-state index contributed by atoms with van der Waals surface area (Å²) in [6.07, 6.45) is 5.51. The minimum atomic E-state index is -0.484. The highest BCUT2D eigenvalue weighted by atomic mass is 16.2. The third-order valence-corrected chi connectivity index (χ3v) is 4.53. The minimum Gasteiger partial charge on any atom is -0.374 e. The van der Waals surface area contributed by atoms with Crippen molar-refractivity contribution >= 4 is 17.6 Å². The number of rotatable bonds is 5. The van der Waals surface area contributed by atoms with Gasteiger partial charge < -0.3 is 10.6 Å². The van der Waals surface area contributed by atoms with Gasteiger partial charge in [-0.25, -0.2) is 4.79 Å². The lowest BCUT2D eigenvalue weighted by Gasteiger charge is -2.23. The Hall–Kier alpha value is -2.04. The van der Waals surface area contributed by atoms with Crippen molar-refractivity contribution in [2.75, 3.05) is 5.32 Å². The topological polar surface area (TPSA) is 70.2 Å². The van der Waals surface area contributed by atoms with Crippen LogP contribution in [0.3, 0.4) is 0 Å². The lowest BCUT2D eigenvalue weighted by molar-refractivity contribution is -0.120. The van der Waals surface area contributed by atoms with Crippen molar-refractivity contribution in [2.45, 2.75) is 70.9 Å². The maximum Gasteiger partial charge on any atom is 0.321 e. The van der Waals surface area contributed by atoms with E-state index in [1.54, 1.807) is 6.92 Å². The predicted octanol–water partition coefficient (Wildman–Crippen LogP) is 3.77. The van der Waals surface area contributed by atoms with Crippen LogP contribution in [-0.2, 0) is 4.79 Å². The molecule has 1 atom stereocenters. The first-order chi connectivity index (χ1) is 11.5. The van der Waals surface area contributed by atoms with Gasteiger partial charge in [-0.15, -0.1) is 0 Å². The third-order valence-electron chi connectivity index (χ3n) is 4.53. The summed E-state index contributed by atoms with van der Waals surface area (Å²) in [4.78, 5) is 24.2. The zero-order valence-electron chi connectivity index (χ0n) is 14.9. The summed E-state index contributed by atoms with van der Waals surface area (Å²) in [5, 5.41) is 8.55. The number of urea groups is 1. The van der Waals surface area contributed by atoms with Crippen LogP contribution in [0.5, 0.6) is 0 Å². The molecule has 1 aliphatic rings. The van der Waals surface area contributed by atoms with Crippen molar-refractivity contribution < 1.29 is 9.59 Å². The molecule has 0 bridgehead atoms. The van der Waals surface area contributed by atoms with Crippen molar-refractivity contribution in [3.8, 4) is 0 Å². The number of carbonyl (C=O) groups is 2. The summed E-state index contributed by atoms with van der Waals surface area (Å²) in [5.74, 6) is 0.0421. The molecule has 0 spiro atoms. The number of amides is 3. The Morgan fingerprint density at radius 1 is 1.04 bits per heavy atom. The molecule has 0 saturated heterocycles. The Bertz CT molecular complexity index is 565. The van der Waals surface area contributed by atoms with Gasteiger partial charge in [0, 0.05) is 11.7 Å². The van der Waals surface area contributed by atoms with E-state index in [4.69, 9.17) is 0 Å². The number of benzene rings is 1. The fourth-order valence-corrected chi connectivity index (χ4v) is 3.12. The van der Waals surface area contributed by atoms with Gasteiger partial charge in [-0.2, -0.15) is 0 Å². The van der Waals surface area contributed by atoms with E-state index in [1.807, 2.05) is 24.3 Å². The zero-order chi connectivity index (χ0) is 17.5. The summed E-state index contributed by atoms with van der Waals surface area (Å²) in [7, 11) is 0. The van der Waals surface area contributed by atoms with Crippen LogP contribution in [0.1, 0.15) is 64.4 Å². The first-order valence-electron chi connectivity index (χ1n) is 8.94. The molecule has 0 unspecified atom stereocenters. The summed E-state index contributed by atoms with van der Waals surface area (Å²) < 4.78 is 0. The van der Waals surface area contributed by atoms with E-state index in [0.717, 1.165) is 36.9 Å². The molecule has 0 aliphatic heterocycles. The molecule has 0 aromatic heterocycles. The highest BCUT2D eigenvalue weighted by Crippen LogP contribution is 2.24. The molecule has 1 aromatic rings. The maximum absolute atomic E-state index is 12.2. The molecule has 1 fully saturated rings. The fraction of sp³-hybridized carbons (Fsp3) is 0.579. The molecule has 1 saturated carbocycles. The highest BCUT2D eigenvalue weighted by Gasteiger charge is 2.20. The van der Waals surface area contributed by atoms with Gasteiger partial charge in [0.1, 0.15) is 6.04 Å². The van der Waals surface area contributed by atoms with Gasteiger partial charge in [-0.1, -0.05) is 51.3 Å². The van der Waals surface area contributed by atoms with E-state index in [9.17, 15) is 9.59 Å². The number of para-hydroxylation sites is 1. The van der Waals surface area contributed by atoms with Crippen molar-refractivity contribution in [1.82, 2.24) is 10.6 Å². The Balaban J connectivity index is 1.86. The Morgan fingerprint density at radius 3 is 2.38 bits per heavy atom. The van der Waals surface area contributed by atoms with Crippen molar-refractivity contribution in [3.63, 3.8) is 0 Å². The largest absolute Gasteiger partial charge is 0.374 e. The Labute approximate surface area is 144 Å². The second-order valence-corrected chi connectivity index (χ2v) is 6.91. The lowest BCUT2D eigenvalue weighted by atomic mass is 9.96. The van der Waals surface area contributed by atoms with Gasteiger partial charge in [0.15, 0.2) is 0 Å². The van der Waals surface area contributed by atoms with Crippen LogP contribution in [0, 0.1) is 0 Å². The van der Waals surface area contributed by atoms with Gasteiger partial charge >= 0.3 is 6.03 Å². The van der Waals surface area contributed by atoms with Crippen LogP contribution in [0.2, 0.25) is 0 Å². The summed E-state index contributed by atoms with van der Waals surface area (Å²) in [5.41, 5.74) is 2.09. The second kappa shape index (κ2) is 8.71. The first-order valence-corrected chi connectivity index (χ1v) is 8.94. The van der Waals surface area contributed by atoms with Gasteiger partial charge in [0.2, 0.25) is 5.91 Å². The van der Waals surface area contributed by atoms with Gasteiger partial charge in [0.25, 0.3) is 0 Å². The van der Waals surface area contributed by atoms with Crippen LogP contribution in [0.25, 0.3) is 0 Å². The first kappa shape index (κ1) is 18.3. The van der Waals surface area contributed by atoms with Gasteiger partial charge in [-0.05, 0) is 37.3 Å². The summed E-state index contributed by atoms with van der Waals surface area (Å²) in [6, 6.07) is 7.25. The van der Waals surface area contributed by atoms with E-state index >= 15 is 0 Å². The molecule has 132 valence electrons. The predicted molar refractivity (Wildman–Crippen MR) is 97.2 cm³/mol. The molecule has 3 N–H and O–H groups in total. The van der Waals surface area contributed by atoms with E-state index in [2.05, 4.69) is 29.8 Å². The van der Waals surface area contributed by atoms with Gasteiger partial charge in [0.05, 0.1) is 0 Å². The average molecular weight is 331 g/mol. The quantitative estimate of drug-likeness (QED) is 0.769. The highest BCUT2D eigenvalue weighted by molar-refractivity contribution is 5.98. The van der Waals surface area contributed by atoms with E-state index < -0.39 is 12.1 Å². The molecule has 24 heavy (non-hydrogen) atoms. The molecular formula is C19H29N3O2.